The fourth-order valence-corrected chi connectivity index (χ4v) is 2.14. The number of benzene rings is 1. The van der Waals surface area contributed by atoms with Crippen LogP contribution >= 0.6 is 0 Å². The highest BCUT2D eigenvalue weighted by molar-refractivity contribution is 5.79. The third kappa shape index (κ3) is 5.99. The molecule has 1 rings (SSSR count). The van der Waals surface area contributed by atoms with E-state index in [1.807, 2.05) is 6.07 Å². The van der Waals surface area contributed by atoms with E-state index in [2.05, 4.69) is 23.9 Å². The average molecular weight is 297 g/mol. The molecule has 0 unspecified atom stereocenters. The highest BCUT2D eigenvalue weighted by atomic mass is 19.1. The summed E-state index contributed by atoms with van der Waals surface area (Å²) >= 11 is 0. The zero-order valence-corrected chi connectivity index (χ0v) is 12.8. The number of hydrogen-bond donors (Lipinski definition) is 2. The van der Waals surface area contributed by atoms with Gasteiger partial charge in [-0.3, -0.25) is 4.90 Å². The summed E-state index contributed by atoms with van der Waals surface area (Å²) in [6.07, 6.45) is 0.474. The molecule has 0 atom stereocenters. The molecule has 1 aromatic rings. The van der Waals surface area contributed by atoms with Gasteiger partial charge in [0, 0.05) is 26.1 Å². The SMILES string of the molecule is COc1ccc(CN(CCC(N)=NO)CC(C)C)cc1F. The molecule has 0 bridgehead atoms. The van der Waals surface area contributed by atoms with E-state index in [-0.39, 0.29) is 17.4 Å². The van der Waals surface area contributed by atoms with Gasteiger partial charge in [0.1, 0.15) is 5.84 Å². The number of amidine groups is 1. The summed E-state index contributed by atoms with van der Waals surface area (Å²) < 4.78 is 18.6. The lowest BCUT2D eigenvalue weighted by Crippen LogP contribution is -2.31. The molecule has 0 spiro atoms. The molecule has 6 heteroatoms. The van der Waals surface area contributed by atoms with Gasteiger partial charge in [0.25, 0.3) is 0 Å². The molecule has 0 aliphatic rings. The molecule has 0 saturated carbocycles. The highest BCUT2D eigenvalue weighted by Crippen LogP contribution is 2.19. The van der Waals surface area contributed by atoms with Crippen molar-refractivity contribution < 1.29 is 14.3 Å². The largest absolute Gasteiger partial charge is 0.494 e. The first-order valence-corrected chi connectivity index (χ1v) is 6.97. The predicted octanol–water partition coefficient (Wildman–Crippen LogP) is 2.43. The first-order valence-electron chi connectivity index (χ1n) is 6.97. The van der Waals surface area contributed by atoms with Gasteiger partial charge in [-0.05, 0) is 23.6 Å². The summed E-state index contributed by atoms with van der Waals surface area (Å²) in [4.78, 5) is 2.16. The molecule has 5 nitrogen and oxygen atoms in total. The number of halogens is 1. The number of rotatable bonds is 8. The van der Waals surface area contributed by atoms with Crippen molar-refractivity contribution in [2.75, 3.05) is 20.2 Å². The quantitative estimate of drug-likeness (QED) is 0.334. The van der Waals surface area contributed by atoms with Gasteiger partial charge in [-0.2, -0.15) is 0 Å². The van der Waals surface area contributed by atoms with E-state index in [0.29, 0.717) is 25.4 Å². The minimum absolute atomic E-state index is 0.199. The second-order valence-electron chi connectivity index (χ2n) is 5.44. The number of nitrogens with zero attached hydrogens (tertiary/aromatic N) is 2. The van der Waals surface area contributed by atoms with Crippen molar-refractivity contribution in [3.63, 3.8) is 0 Å². The maximum Gasteiger partial charge on any atom is 0.165 e. The molecule has 0 aliphatic heterocycles. The topological polar surface area (TPSA) is 71.1 Å². The maximum absolute atomic E-state index is 13.7. The Morgan fingerprint density at radius 1 is 1.48 bits per heavy atom. The van der Waals surface area contributed by atoms with Crippen LogP contribution in [0.4, 0.5) is 4.39 Å². The normalized spacial score (nSPS) is 12.2. The summed E-state index contributed by atoms with van der Waals surface area (Å²) in [5.74, 6) is 0.548. The van der Waals surface area contributed by atoms with Gasteiger partial charge in [0.15, 0.2) is 11.6 Å². The maximum atomic E-state index is 13.7. The number of hydrogen-bond acceptors (Lipinski definition) is 4. The van der Waals surface area contributed by atoms with Gasteiger partial charge in [-0.1, -0.05) is 25.1 Å². The van der Waals surface area contributed by atoms with Crippen LogP contribution in [-0.4, -0.2) is 36.1 Å². The average Bonchev–Trinajstić information content (AvgIpc) is 2.44. The molecule has 0 fully saturated rings. The smallest absolute Gasteiger partial charge is 0.165 e. The van der Waals surface area contributed by atoms with Gasteiger partial charge < -0.3 is 15.7 Å². The Bertz CT molecular complexity index is 478. The zero-order valence-electron chi connectivity index (χ0n) is 12.8. The van der Waals surface area contributed by atoms with Crippen LogP contribution in [0.3, 0.4) is 0 Å². The molecule has 1 aromatic carbocycles. The highest BCUT2D eigenvalue weighted by Gasteiger charge is 2.11. The lowest BCUT2D eigenvalue weighted by atomic mass is 10.1. The van der Waals surface area contributed by atoms with Gasteiger partial charge in [-0.25, -0.2) is 4.39 Å². The Balaban J connectivity index is 2.73. The monoisotopic (exact) mass is 297 g/mol. The molecular formula is C15H24FN3O2. The Morgan fingerprint density at radius 3 is 2.71 bits per heavy atom. The van der Waals surface area contributed by atoms with Crippen LogP contribution < -0.4 is 10.5 Å². The van der Waals surface area contributed by atoms with Crippen molar-refractivity contribution in [3.05, 3.63) is 29.6 Å². The van der Waals surface area contributed by atoms with Crippen molar-refractivity contribution in [2.24, 2.45) is 16.8 Å². The van der Waals surface area contributed by atoms with E-state index in [4.69, 9.17) is 15.7 Å². The summed E-state index contributed by atoms with van der Waals surface area (Å²) in [7, 11) is 1.44. The Morgan fingerprint density at radius 2 is 2.19 bits per heavy atom. The molecule has 0 heterocycles. The molecule has 3 N–H and O–H groups in total. The molecule has 0 amide bonds. The van der Waals surface area contributed by atoms with Gasteiger partial charge in [0.2, 0.25) is 0 Å². The molecule has 0 aliphatic carbocycles. The van der Waals surface area contributed by atoms with Gasteiger partial charge >= 0.3 is 0 Å². The van der Waals surface area contributed by atoms with Crippen LogP contribution in [0, 0.1) is 11.7 Å². The minimum atomic E-state index is -0.365. The van der Waals surface area contributed by atoms with Gasteiger partial charge in [-0.15, -0.1) is 0 Å². The molecule has 0 radical (unpaired) electrons. The second-order valence-corrected chi connectivity index (χ2v) is 5.44. The van der Waals surface area contributed by atoms with E-state index < -0.39 is 0 Å². The molecule has 21 heavy (non-hydrogen) atoms. The molecule has 0 saturated heterocycles. The third-order valence-corrected chi connectivity index (χ3v) is 3.06. The lowest BCUT2D eigenvalue weighted by Gasteiger charge is -2.24. The van der Waals surface area contributed by atoms with E-state index in [9.17, 15) is 4.39 Å². The summed E-state index contributed by atoms with van der Waals surface area (Å²) in [5.41, 5.74) is 6.37. The number of oxime groups is 1. The van der Waals surface area contributed by atoms with E-state index >= 15 is 0 Å². The second kappa shape index (κ2) is 8.46. The van der Waals surface area contributed by atoms with Crippen molar-refractivity contribution in [2.45, 2.75) is 26.8 Å². The molecule has 118 valence electrons. The Labute approximate surface area is 125 Å². The summed E-state index contributed by atoms with van der Waals surface area (Å²) in [6, 6.07) is 4.95. The van der Waals surface area contributed by atoms with E-state index in [1.54, 1.807) is 6.07 Å². The van der Waals surface area contributed by atoms with Crippen molar-refractivity contribution >= 4 is 5.84 Å². The minimum Gasteiger partial charge on any atom is -0.494 e. The number of ether oxygens (including phenoxy) is 1. The van der Waals surface area contributed by atoms with Crippen LogP contribution in [0.1, 0.15) is 25.8 Å². The van der Waals surface area contributed by atoms with Gasteiger partial charge in [0.05, 0.1) is 7.11 Å². The molecular weight excluding hydrogens is 273 g/mol. The van der Waals surface area contributed by atoms with Crippen molar-refractivity contribution in [3.8, 4) is 5.75 Å². The number of methoxy groups -OCH3 is 1. The summed E-state index contributed by atoms with van der Waals surface area (Å²) in [6.45, 7) is 6.35. The van der Waals surface area contributed by atoms with Crippen LogP contribution in [0.2, 0.25) is 0 Å². The van der Waals surface area contributed by atoms with Crippen LogP contribution in [0.5, 0.6) is 5.75 Å². The summed E-state index contributed by atoms with van der Waals surface area (Å²) in [5, 5.41) is 11.6. The molecule has 0 aromatic heterocycles. The van der Waals surface area contributed by atoms with Crippen molar-refractivity contribution in [1.82, 2.24) is 4.90 Å². The van der Waals surface area contributed by atoms with Crippen LogP contribution in [0.15, 0.2) is 23.4 Å². The van der Waals surface area contributed by atoms with Crippen LogP contribution in [-0.2, 0) is 6.54 Å². The fourth-order valence-electron chi connectivity index (χ4n) is 2.14. The lowest BCUT2D eigenvalue weighted by molar-refractivity contribution is 0.240. The third-order valence-electron chi connectivity index (χ3n) is 3.06. The number of nitrogens with two attached hydrogens (primary N) is 1. The van der Waals surface area contributed by atoms with Crippen molar-refractivity contribution in [1.29, 1.82) is 0 Å². The van der Waals surface area contributed by atoms with E-state index in [1.165, 1.54) is 13.2 Å². The Kier molecular flexibility index (Phi) is 6.94. The van der Waals surface area contributed by atoms with Crippen LogP contribution in [0.25, 0.3) is 0 Å². The standard InChI is InChI=1S/C15H24FN3O2/c1-11(2)9-19(7-6-15(17)18-20)10-12-4-5-14(21-3)13(16)8-12/h4-5,8,11,20H,6-7,9-10H2,1-3H3,(H2,17,18). The fraction of sp³-hybridized carbons (Fsp3) is 0.533. The first kappa shape index (κ1) is 17.2. The van der Waals surface area contributed by atoms with E-state index in [0.717, 1.165) is 12.1 Å². The predicted molar refractivity (Wildman–Crippen MR) is 81.1 cm³/mol. The Hall–Kier alpha value is -1.82. The zero-order chi connectivity index (χ0) is 15.8. The first-order chi connectivity index (χ1) is 9.96.